The molecule has 0 spiro atoms. The van der Waals surface area contributed by atoms with Crippen LogP contribution in [0.1, 0.15) is 71.7 Å². The molecule has 22 heavy (non-hydrogen) atoms. The predicted molar refractivity (Wildman–Crippen MR) is 86.7 cm³/mol. The van der Waals surface area contributed by atoms with Crippen molar-refractivity contribution in [2.24, 2.45) is 0 Å². The number of hydrogen-bond acceptors (Lipinski definition) is 5. The van der Waals surface area contributed by atoms with Crippen molar-refractivity contribution < 1.29 is 9.21 Å². The Morgan fingerprint density at radius 2 is 2.00 bits per heavy atom. The summed E-state index contributed by atoms with van der Waals surface area (Å²) in [4.78, 5) is 22.6. The van der Waals surface area contributed by atoms with Gasteiger partial charge < -0.3 is 4.42 Å². The summed E-state index contributed by atoms with van der Waals surface area (Å²) < 4.78 is 5.59. The Morgan fingerprint density at radius 1 is 1.23 bits per heavy atom. The summed E-state index contributed by atoms with van der Waals surface area (Å²) in [5.41, 5.74) is 1.77. The maximum absolute atomic E-state index is 12.4. The van der Waals surface area contributed by atoms with E-state index < -0.39 is 0 Å². The largest absolute Gasteiger partial charge is 0.435 e. The van der Waals surface area contributed by atoms with Gasteiger partial charge in [0, 0.05) is 10.8 Å². The minimum Gasteiger partial charge on any atom is -0.435 e. The summed E-state index contributed by atoms with van der Waals surface area (Å²) in [6.07, 6.45) is 5.74. The summed E-state index contributed by atoms with van der Waals surface area (Å²) in [6, 6.07) is 0. The molecule has 1 aliphatic carbocycles. The highest BCUT2D eigenvalue weighted by atomic mass is 32.1. The van der Waals surface area contributed by atoms with E-state index in [1.54, 1.807) is 18.3 Å². The minimum absolute atomic E-state index is 0.163. The van der Waals surface area contributed by atoms with Crippen molar-refractivity contribution >= 4 is 22.4 Å². The van der Waals surface area contributed by atoms with Gasteiger partial charge in [0.15, 0.2) is 11.0 Å². The first-order valence-electron chi connectivity index (χ1n) is 7.82. The number of thiazole rings is 1. The number of nitrogens with one attached hydrogen (secondary N) is 1. The molecule has 6 heteroatoms. The molecule has 0 aromatic carbocycles. The summed E-state index contributed by atoms with van der Waals surface area (Å²) >= 11 is 1.59. The fourth-order valence-electron chi connectivity index (χ4n) is 2.61. The van der Waals surface area contributed by atoms with Crippen LogP contribution in [-0.4, -0.2) is 15.9 Å². The highest BCUT2D eigenvalue weighted by Crippen LogP contribution is 2.29. The average molecular weight is 319 g/mol. The number of oxazole rings is 1. The third-order valence-electron chi connectivity index (χ3n) is 3.83. The molecule has 2 aromatic rings. The first-order valence-corrected chi connectivity index (χ1v) is 8.63. The van der Waals surface area contributed by atoms with Crippen LogP contribution in [0.4, 0.5) is 5.13 Å². The van der Waals surface area contributed by atoms with Gasteiger partial charge in [0.25, 0.3) is 5.91 Å². The molecule has 0 saturated carbocycles. The second kappa shape index (κ2) is 6.20. The predicted octanol–water partition coefficient (Wildman–Crippen LogP) is 4.08. The van der Waals surface area contributed by atoms with E-state index in [-0.39, 0.29) is 17.6 Å². The second-order valence-electron chi connectivity index (χ2n) is 6.03. The van der Waals surface area contributed by atoms with Crippen LogP contribution in [0.25, 0.3) is 0 Å². The smallest absolute Gasteiger partial charge is 0.295 e. The minimum atomic E-state index is -0.263. The molecular formula is C16H21N3O2S. The van der Waals surface area contributed by atoms with Gasteiger partial charge in [0.05, 0.1) is 11.4 Å². The van der Waals surface area contributed by atoms with Crippen molar-refractivity contribution in [2.75, 3.05) is 5.32 Å². The Bertz CT molecular complexity index is 664. The van der Waals surface area contributed by atoms with Crippen molar-refractivity contribution in [2.45, 2.75) is 58.8 Å². The second-order valence-corrected chi connectivity index (χ2v) is 7.11. The Labute approximate surface area is 134 Å². The van der Waals surface area contributed by atoms with E-state index in [0.29, 0.717) is 16.7 Å². The van der Waals surface area contributed by atoms with Gasteiger partial charge in [-0.3, -0.25) is 10.1 Å². The van der Waals surface area contributed by atoms with Gasteiger partial charge in [-0.15, -0.1) is 11.3 Å². The standard InChI is InChI=1S/C16H21N3O2S/c1-9(2)15-17-10(3)13(21-15)14(20)19-16-18-11-7-5-4-6-8-12(11)22-16/h9H,4-8H2,1-3H3,(H,18,19,20). The van der Waals surface area contributed by atoms with Crippen LogP contribution < -0.4 is 5.32 Å². The Hall–Kier alpha value is -1.69. The normalized spacial score (nSPS) is 14.7. The zero-order valence-corrected chi connectivity index (χ0v) is 14.0. The lowest BCUT2D eigenvalue weighted by Crippen LogP contribution is -2.12. The highest BCUT2D eigenvalue weighted by molar-refractivity contribution is 7.15. The summed E-state index contributed by atoms with van der Waals surface area (Å²) in [6.45, 7) is 5.77. The van der Waals surface area contributed by atoms with E-state index in [4.69, 9.17) is 4.42 Å². The summed E-state index contributed by atoms with van der Waals surface area (Å²) in [5, 5.41) is 3.53. The number of aryl methyl sites for hydroxylation is 3. The molecule has 3 rings (SSSR count). The molecule has 118 valence electrons. The van der Waals surface area contributed by atoms with E-state index in [1.165, 1.54) is 24.1 Å². The van der Waals surface area contributed by atoms with E-state index in [9.17, 15) is 4.79 Å². The molecule has 0 radical (unpaired) electrons. The Morgan fingerprint density at radius 3 is 2.73 bits per heavy atom. The first-order chi connectivity index (χ1) is 10.5. The molecule has 0 saturated heterocycles. The maximum Gasteiger partial charge on any atom is 0.295 e. The van der Waals surface area contributed by atoms with Gasteiger partial charge in [-0.25, -0.2) is 9.97 Å². The summed E-state index contributed by atoms with van der Waals surface area (Å²) in [5.74, 6) is 0.781. The number of amides is 1. The molecule has 1 N–H and O–H groups in total. The quantitative estimate of drug-likeness (QED) is 0.865. The zero-order valence-electron chi connectivity index (χ0n) is 13.2. The van der Waals surface area contributed by atoms with E-state index in [0.717, 1.165) is 18.5 Å². The van der Waals surface area contributed by atoms with Gasteiger partial charge in [-0.2, -0.15) is 0 Å². The number of carbonyl (C=O) groups excluding carboxylic acids is 1. The zero-order chi connectivity index (χ0) is 15.7. The van der Waals surface area contributed by atoms with Gasteiger partial charge in [0.1, 0.15) is 0 Å². The Balaban J connectivity index is 1.77. The van der Waals surface area contributed by atoms with Crippen LogP contribution in [0.2, 0.25) is 0 Å². The van der Waals surface area contributed by atoms with E-state index in [2.05, 4.69) is 15.3 Å². The molecule has 2 aromatic heterocycles. The lowest BCUT2D eigenvalue weighted by Gasteiger charge is -1.99. The van der Waals surface area contributed by atoms with Crippen molar-refractivity contribution in [1.29, 1.82) is 0 Å². The van der Waals surface area contributed by atoms with Crippen molar-refractivity contribution in [3.63, 3.8) is 0 Å². The average Bonchev–Trinajstić information content (AvgIpc) is 2.96. The third kappa shape index (κ3) is 3.06. The molecule has 2 heterocycles. The molecule has 0 bridgehead atoms. The molecule has 1 amide bonds. The fraction of sp³-hybridized carbons (Fsp3) is 0.562. The maximum atomic E-state index is 12.4. The third-order valence-corrected chi connectivity index (χ3v) is 4.90. The van der Waals surface area contributed by atoms with Gasteiger partial charge in [0.2, 0.25) is 5.76 Å². The lowest BCUT2D eigenvalue weighted by molar-refractivity contribution is 0.0993. The van der Waals surface area contributed by atoms with Crippen LogP contribution in [0.3, 0.4) is 0 Å². The fourth-order valence-corrected chi connectivity index (χ4v) is 3.66. The van der Waals surface area contributed by atoms with Crippen LogP contribution in [0.5, 0.6) is 0 Å². The summed E-state index contributed by atoms with van der Waals surface area (Å²) in [7, 11) is 0. The molecule has 0 atom stereocenters. The van der Waals surface area contributed by atoms with Crippen molar-refractivity contribution in [1.82, 2.24) is 9.97 Å². The number of fused-ring (bicyclic) bond motifs is 1. The number of aromatic nitrogens is 2. The molecule has 1 aliphatic rings. The number of carbonyl (C=O) groups is 1. The topological polar surface area (TPSA) is 68.0 Å². The molecule has 0 fully saturated rings. The Kier molecular flexibility index (Phi) is 4.29. The van der Waals surface area contributed by atoms with Crippen molar-refractivity contribution in [3.05, 3.63) is 27.9 Å². The van der Waals surface area contributed by atoms with Crippen molar-refractivity contribution in [3.8, 4) is 0 Å². The number of anilines is 1. The first kappa shape index (κ1) is 15.2. The number of hydrogen-bond donors (Lipinski definition) is 1. The molecule has 0 unspecified atom stereocenters. The number of nitrogens with zero attached hydrogens (tertiary/aromatic N) is 2. The van der Waals surface area contributed by atoms with Crippen LogP contribution in [0.15, 0.2) is 4.42 Å². The van der Waals surface area contributed by atoms with E-state index >= 15 is 0 Å². The van der Waals surface area contributed by atoms with E-state index in [1.807, 2.05) is 13.8 Å². The van der Waals surface area contributed by atoms with Gasteiger partial charge in [-0.1, -0.05) is 20.3 Å². The monoisotopic (exact) mass is 319 g/mol. The molecule has 5 nitrogen and oxygen atoms in total. The SMILES string of the molecule is Cc1nc(C(C)C)oc1C(=O)Nc1nc2c(s1)CCCCC2. The molecular weight excluding hydrogens is 298 g/mol. The van der Waals surface area contributed by atoms with Crippen LogP contribution >= 0.6 is 11.3 Å². The molecule has 0 aliphatic heterocycles. The number of rotatable bonds is 3. The lowest BCUT2D eigenvalue weighted by atomic mass is 10.2. The van der Waals surface area contributed by atoms with Crippen LogP contribution in [0, 0.1) is 6.92 Å². The van der Waals surface area contributed by atoms with Crippen LogP contribution in [-0.2, 0) is 12.8 Å². The van der Waals surface area contributed by atoms with Gasteiger partial charge >= 0.3 is 0 Å². The highest BCUT2D eigenvalue weighted by Gasteiger charge is 2.21. The van der Waals surface area contributed by atoms with Gasteiger partial charge in [-0.05, 0) is 32.6 Å².